The SMILES string of the molecule is CCCCCCCCCCCCCCCCOS(=O)(=O)C(F)CCCCCCCC. The zero-order valence-corrected chi connectivity index (χ0v) is 21.0. The first-order valence-corrected chi connectivity index (χ1v) is 14.5. The van der Waals surface area contributed by atoms with Crippen molar-refractivity contribution < 1.29 is 17.0 Å². The van der Waals surface area contributed by atoms with Crippen molar-refractivity contribution in [3.05, 3.63) is 0 Å². The maximum atomic E-state index is 13.9. The van der Waals surface area contributed by atoms with Crippen molar-refractivity contribution in [1.82, 2.24) is 0 Å². The van der Waals surface area contributed by atoms with Gasteiger partial charge in [-0.1, -0.05) is 129 Å². The Morgan fingerprint density at radius 2 is 0.900 bits per heavy atom. The molecule has 0 radical (unpaired) electrons. The quantitative estimate of drug-likeness (QED) is 0.109. The maximum absolute atomic E-state index is 13.9. The molecule has 0 aromatic heterocycles. The zero-order valence-electron chi connectivity index (χ0n) is 20.1. The molecule has 182 valence electrons. The molecule has 0 saturated heterocycles. The van der Waals surface area contributed by atoms with E-state index in [1.54, 1.807) is 0 Å². The van der Waals surface area contributed by atoms with E-state index in [-0.39, 0.29) is 13.0 Å². The molecule has 0 aliphatic heterocycles. The molecule has 1 atom stereocenters. The fourth-order valence-corrected chi connectivity index (χ4v) is 4.73. The van der Waals surface area contributed by atoms with Gasteiger partial charge in [-0.3, -0.25) is 4.18 Å². The molecule has 30 heavy (non-hydrogen) atoms. The van der Waals surface area contributed by atoms with Crippen LogP contribution in [-0.4, -0.2) is 20.5 Å². The van der Waals surface area contributed by atoms with Gasteiger partial charge in [0.15, 0.2) is 0 Å². The van der Waals surface area contributed by atoms with Gasteiger partial charge in [0.2, 0.25) is 5.50 Å². The summed E-state index contributed by atoms with van der Waals surface area (Å²) in [4.78, 5) is 0. The Hall–Kier alpha value is -0.160. The molecule has 0 fully saturated rings. The summed E-state index contributed by atoms with van der Waals surface area (Å²) in [5.41, 5.74) is -1.87. The van der Waals surface area contributed by atoms with Gasteiger partial charge in [0.1, 0.15) is 0 Å². The Kier molecular flexibility index (Phi) is 21.9. The van der Waals surface area contributed by atoms with Crippen LogP contribution in [0.4, 0.5) is 4.39 Å². The Morgan fingerprint density at radius 1 is 0.567 bits per heavy atom. The van der Waals surface area contributed by atoms with Gasteiger partial charge in [-0.05, 0) is 19.3 Å². The Labute approximate surface area is 188 Å². The average Bonchev–Trinajstić information content (AvgIpc) is 2.73. The molecule has 5 heteroatoms. The highest BCUT2D eigenvalue weighted by Crippen LogP contribution is 2.17. The smallest absolute Gasteiger partial charge is 0.268 e. The van der Waals surface area contributed by atoms with Gasteiger partial charge in [-0.15, -0.1) is 0 Å². The maximum Gasteiger partial charge on any atom is 0.299 e. The first-order chi connectivity index (χ1) is 14.5. The first kappa shape index (κ1) is 29.8. The largest absolute Gasteiger partial charge is 0.299 e. The number of halogens is 1. The summed E-state index contributed by atoms with van der Waals surface area (Å²) in [6.45, 7) is 4.53. The highest BCUT2D eigenvalue weighted by molar-refractivity contribution is 7.87. The lowest BCUT2D eigenvalue weighted by Gasteiger charge is -2.10. The van der Waals surface area contributed by atoms with Crippen molar-refractivity contribution in [3.63, 3.8) is 0 Å². The predicted octanol–water partition coefficient (Wildman–Crippen LogP) is 8.86. The number of hydrogen-bond donors (Lipinski definition) is 0. The predicted molar refractivity (Wildman–Crippen MR) is 128 cm³/mol. The standard InChI is InChI=1S/C25H51FO3S/c1-3-5-7-9-11-12-13-14-15-16-17-18-20-22-24-29-30(27,28)25(26)23-21-19-10-8-6-4-2/h25H,3-24H2,1-2H3. The summed E-state index contributed by atoms with van der Waals surface area (Å²) in [5.74, 6) is 0. The molecule has 0 N–H and O–H groups in total. The van der Waals surface area contributed by atoms with E-state index in [0.29, 0.717) is 12.8 Å². The first-order valence-electron chi connectivity index (χ1n) is 13.1. The van der Waals surface area contributed by atoms with E-state index in [9.17, 15) is 12.8 Å². The van der Waals surface area contributed by atoms with Crippen LogP contribution in [-0.2, 0) is 14.3 Å². The Balaban J connectivity index is 3.43. The molecule has 0 heterocycles. The van der Waals surface area contributed by atoms with Crippen LogP contribution in [0.1, 0.15) is 149 Å². The summed E-state index contributed by atoms with van der Waals surface area (Å²) in [5, 5.41) is 0. The molecule has 0 aliphatic rings. The van der Waals surface area contributed by atoms with Crippen molar-refractivity contribution in [1.29, 1.82) is 0 Å². The average molecular weight is 451 g/mol. The normalized spacial score (nSPS) is 13.0. The summed E-state index contributed by atoms with van der Waals surface area (Å²) >= 11 is 0. The van der Waals surface area contributed by atoms with E-state index in [1.165, 1.54) is 83.5 Å². The molecule has 0 amide bonds. The van der Waals surface area contributed by atoms with Crippen LogP contribution in [0.25, 0.3) is 0 Å². The van der Waals surface area contributed by atoms with Crippen molar-refractivity contribution in [2.75, 3.05) is 6.61 Å². The molecule has 0 saturated carbocycles. The monoisotopic (exact) mass is 450 g/mol. The van der Waals surface area contributed by atoms with Gasteiger partial charge in [-0.2, -0.15) is 8.42 Å². The van der Waals surface area contributed by atoms with Crippen molar-refractivity contribution >= 4 is 10.1 Å². The van der Waals surface area contributed by atoms with Crippen LogP contribution in [0.2, 0.25) is 0 Å². The van der Waals surface area contributed by atoms with Crippen molar-refractivity contribution in [2.24, 2.45) is 0 Å². The lowest BCUT2D eigenvalue weighted by atomic mass is 10.0. The summed E-state index contributed by atoms with van der Waals surface area (Å²) in [7, 11) is -4.04. The van der Waals surface area contributed by atoms with Crippen molar-refractivity contribution in [3.8, 4) is 0 Å². The number of hydrogen-bond acceptors (Lipinski definition) is 3. The van der Waals surface area contributed by atoms with E-state index in [0.717, 1.165) is 32.1 Å². The van der Waals surface area contributed by atoms with E-state index < -0.39 is 15.6 Å². The highest BCUT2D eigenvalue weighted by atomic mass is 32.2. The van der Waals surface area contributed by atoms with Gasteiger partial charge in [-0.25, -0.2) is 4.39 Å². The number of alkyl halides is 1. The van der Waals surface area contributed by atoms with E-state index >= 15 is 0 Å². The van der Waals surface area contributed by atoms with Crippen LogP contribution in [0.5, 0.6) is 0 Å². The topological polar surface area (TPSA) is 43.4 Å². The fraction of sp³-hybridized carbons (Fsp3) is 1.00. The summed E-state index contributed by atoms with van der Waals surface area (Å²) in [6.07, 6.45) is 23.6. The van der Waals surface area contributed by atoms with Crippen LogP contribution in [0.15, 0.2) is 0 Å². The Morgan fingerprint density at radius 3 is 1.30 bits per heavy atom. The highest BCUT2D eigenvalue weighted by Gasteiger charge is 2.25. The molecular formula is C25H51FO3S. The second-order valence-electron chi connectivity index (χ2n) is 8.88. The van der Waals surface area contributed by atoms with Crippen LogP contribution in [0.3, 0.4) is 0 Å². The van der Waals surface area contributed by atoms with Gasteiger partial charge in [0.05, 0.1) is 6.61 Å². The second kappa shape index (κ2) is 22.0. The summed E-state index contributed by atoms with van der Waals surface area (Å²) in [6, 6.07) is 0. The second-order valence-corrected chi connectivity index (χ2v) is 10.6. The lowest BCUT2D eigenvalue weighted by Crippen LogP contribution is -2.19. The molecular weight excluding hydrogens is 399 g/mol. The Bertz CT molecular complexity index is 440. The van der Waals surface area contributed by atoms with Crippen LogP contribution in [0, 0.1) is 0 Å². The third-order valence-corrected chi connectivity index (χ3v) is 7.20. The van der Waals surface area contributed by atoms with E-state index in [2.05, 4.69) is 13.8 Å². The van der Waals surface area contributed by atoms with E-state index in [1.807, 2.05) is 0 Å². The molecule has 1 unspecified atom stereocenters. The molecule has 0 rings (SSSR count). The third kappa shape index (κ3) is 19.8. The van der Waals surface area contributed by atoms with Crippen molar-refractivity contribution in [2.45, 2.75) is 154 Å². The molecule has 0 aliphatic carbocycles. The minimum atomic E-state index is -4.04. The number of rotatable bonds is 24. The zero-order chi connectivity index (χ0) is 22.3. The van der Waals surface area contributed by atoms with E-state index in [4.69, 9.17) is 4.18 Å². The molecule has 3 nitrogen and oxygen atoms in total. The van der Waals surface area contributed by atoms with Gasteiger partial charge >= 0.3 is 0 Å². The van der Waals surface area contributed by atoms with Gasteiger partial charge in [0, 0.05) is 0 Å². The minimum absolute atomic E-state index is 0.0627. The number of unbranched alkanes of at least 4 members (excludes halogenated alkanes) is 18. The molecule has 0 spiro atoms. The third-order valence-electron chi connectivity index (χ3n) is 5.84. The fourth-order valence-electron chi connectivity index (χ4n) is 3.78. The van der Waals surface area contributed by atoms with Gasteiger partial charge in [0.25, 0.3) is 10.1 Å². The van der Waals surface area contributed by atoms with Gasteiger partial charge < -0.3 is 0 Å². The minimum Gasteiger partial charge on any atom is -0.268 e. The molecule has 0 bridgehead atoms. The lowest BCUT2D eigenvalue weighted by molar-refractivity contribution is 0.270. The summed E-state index contributed by atoms with van der Waals surface area (Å²) < 4.78 is 42.5. The van der Waals surface area contributed by atoms with Crippen LogP contribution >= 0.6 is 0 Å². The van der Waals surface area contributed by atoms with Crippen LogP contribution < -0.4 is 0 Å². The molecule has 0 aromatic carbocycles. The molecule has 0 aromatic rings.